The molecule has 0 saturated heterocycles. The smallest absolute Gasteiger partial charge is 0.234 e. The highest BCUT2D eigenvalue weighted by atomic mass is 35.5. The van der Waals surface area contributed by atoms with Crippen molar-refractivity contribution < 1.29 is 9.53 Å². The molecule has 0 bridgehead atoms. The molecule has 5 heteroatoms. The first kappa shape index (κ1) is 16.0. The van der Waals surface area contributed by atoms with Gasteiger partial charge in [0.25, 0.3) is 0 Å². The molecular weight excluding hydrogens is 264 g/mol. The Morgan fingerprint density at radius 3 is 2.89 bits per heavy atom. The van der Waals surface area contributed by atoms with Crippen LogP contribution in [0.4, 0.5) is 0 Å². The minimum atomic E-state index is -0.00548. The highest BCUT2D eigenvalue weighted by molar-refractivity contribution is 6.30. The van der Waals surface area contributed by atoms with Crippen molar-refractivity contribution in [3.05, 3.63) is 34.9 Å². The number of halogens is 1. The van der Waals surface area contributed by atoms with Gasteiger partial charge in [0.2, 0.25) is 5.91 Å². The zero-order valence-electron chi connectivity index (χ0n) is 11.6. The molecule has 106 valence electrons. The van der Waals surface area contributed by atoms with Gasteiger partial charge in [0.05, 0.1) is 13.2 Å². The Hall–Kier alpha value is -1.10. The molecule has 1 amide bonds. The van der Waals surface area contributed by atoms with Crippen LogP contribution in [0, 0.1) is 0 Å². The normalized spacial score (nSPS) is 12.5. The lowest BCUT2D eigenvalue weighted by Crippen LogP contribution is -2.41. The zero-order chi connectivity index (χ0) is 14.3. The number of methoxy groups -OCH3 is 1. The topological polar surface area (TPSA) is 41.6 Å². The summed E-state index contributed by atoms with van der Waals surface area (Å²) in [6, 6.07) is 7.67. The van der Waals surface area contributed by atoms with Crippen molar-refractivity contribution in [3.63, 3.8) is 0 Å². The lowest BCUT2D eigenvalue weighted by Gasteiger charge is -2.18. The molecule has 1 rings (SSSR count). The number of nitrogens with zero attached hydrogens (tertiary/aromatic N) is 1. The Balaban J connectivity index is 2.38. The van der Waals surface area contributed by atoms with E-state index >= 15 is 0 Å². The number of hydrogen-bond acceptors (Lipinski definition) is 3. The number of ether oxygens (including phenoxy) is 1. The maximum absolute atomic E-state index is 11.8. The van der Waals surface area contributed by atoms with Gasteiger partial charge in [0.15, 0.2) is 0 Å². The molecule has 0 aromatic heterocycles. The zero-order valence-corrected chi connectivity index (χ0v) is 12.4. The lowest BCUT2D eigenvalue weighted by atomic mass is 10.2. The van der Waals surface area contributed by atoms with E-state index in [2.05, 4.69) is 5.32 Å². The van der Waals surface area contributed by atoms with Crippen molar-refractivity contribution in [3.8, 4) is 0 Å². The molecular formula is C14H21ClN2O2. The third-order valence-electron chi connectivity index (χ3n) is 2.58. The molecule has 0 saturated carbocycles. The number of carbonyl (C=O) groups is 1. The lowest BCUT2D eigenvalue weighted by molar-refractivity contribution is -0.123. The van der Waals surface area contributed by atoms with Gasteiger partial charge in [-0.25, -0.2) is 0 Å². The molecule has 4 nitrogen and oxygen atoms in total. The standard InChI is InChI=1S/C14H21ClN2O2/c1-11(10-19-3)16-14(18)9-17(2)8-12-5-4-6-13(15)7-12/h4-7,11H,8-10H2,1-3H3,(H,16,18)/t11-/m1/s1. The quantitative estimate of drug-likeness (QED) is 0.832. The Kier molecular flexibility index (Phi) is 6.84. The molecule has 0 radical (unpaired) electrons. The van der Waals surface area contributed by atoms with Crippen LogP contribution in [-0.2, 0) is 16.1 Å². The molecule has 1 N–H and O–H groups in total. The van der Waals surface area contributed by atoms with Crippen molar-refractivity contribution in [2.75, 3.05) is 27.3 Å². The van der Waals surface area contributed by atoms with Crippen LogP contribution in [0.1, 0.15) is 12.5 Å². The second kappa shape index (κ2) is 8.15. The minimum absolute atomic E-state index is 0.00548. The number of amides is 1. The van der Waals surface area contributed by atoms with E-state index < -0.39 is 0 Å². The van der Waals surface area contributed by atoms with Crippen molar-refractivity contribution in [2.45, 2.75) is 19.5 Å². The first-order chi connectivity index (χ1) is 9.01. The van der Waals surface area contributed by atoms with E-state index in [9.17, 15) is 4.79 Å². The first-order valence-corrected chi connectivity index (χ1v) is 6.60. The summed E-state index contributed by atoms with van der Waals surface area (Å²) in [4.78, 5) is 13.7. The SMILES string of the molecule is COC[C@@H](C)NC(=O)CN(C)Cc1cccc(Cl)c1. The van der Waals surface area contributed by atoms with E-state index in [4.69, 9.17) is 16.3 Å². The molecule has 0 spiro atoms. The number of benzene rings is 1. The molecule has 1 atom stereocenters. The summed E-state index contributed by atoms with van der Waals surface area (Å²) in [5, 5.41) is 3.59. The molecule has 0 aliphatic rings. The van der Waals surface area contributed by atoms with Gasteiger partial charge < -0.3 is 10.1 Å². The van der Waals surface area contributed by atoms with Crippen molar-refractivity contribution in [1.29, 1.82) is 0 Å². The van der Waals surface area contributed by atoms with Crippen LogP contribution in [0.2, 0.25) is 5.02 Å². The Morgan fingerprint density at radius 2 is 2.26 bits per heavy atom. The number of nitrogens with one attached hydrogen (secondary N) is 1. The van der Waals surface area contributed by atoms with Gasteiger partial charge >= 0.3 is 0 Å². The average molecular weight is 285 g/mol. The molecule has 0 fully saturated rings. The van der Waals surface area contributed by atoms with Crippen LogP contribution < -0.4 is 5.32 Å². The fraction of sp³-hybridized carbons (Fsp3) is 0.500. The molecule has 1 aromatic rings. The number of rotatable bonds is 7. The van der Waals surface area contributed by atoms with Gasteiger partial charge in [-0.15, -0.1) is 0 Å². The maximum atomic E-state index is 11.8. The Morgan fingerprint density at radius 1 is 1.53 bits per heavy atom. The molecule has 0 aliphatic heterocycles. The van der Waals surface area contributed by atoms with E-state index in [0.29, 0.717) is 24.7 Å². The summed E-state index contributed by atoms with van der Waals surface area (Å²) in [7, 11) is 3.52. The van der Waals surface area contributed by atoms with E-state index in [1.165, 1.54) is 0 Å². The van der Waals surface area contributed by atoms with Gasteiger partial charge in [0, 0.05) is 24.7 Å². The first-order valence-electron chi connectivity index (χ1n) is 6.22. The summed E-state index contributed by atoms with van der Waals surface area (Å²) < 4.78 is 4.98. The summed E-state index contributed by atoms with van der Waals surface area (Å²) in [5.41, 5.74) is 1.09. The number of hydrogen-bond donors (Lipinski definition) is 1. The van der Waals surface area contributed by atoms with Gasteiger partial charge in [0.1, 0.15) is 0 Å². The average Bonchev–Trinajstić information content (AvgIpc) is 2.28. The minimum Gasteiger partial charge on any atom is -0.383 e. The fourth-order valence-electron chi connectivity index (χ4n) is 1.86. The van der Waals surface area contributed by atoms with Crippen LogP contribution in [-0.4, -0.2) is 44.2 Å². The predicted molar refractivity (Wildman–Crippen MR) is 77.3 cm³/mol. The molecule has 1 aromatic carbocycles. The second-order valence-corrected chi connectivity index (χ2v) is 5.16. The molecule has 19 heavy (non-hydrogen) atoms. The van der Waals surface area contributed by atoms with Crippen molar-refractivity contribution in [2.24, 2.45) is 0 Å². The number of likely N-dealkylation sites (N-methyl/N-ethyl adjacent to an activating group) is 1. The van der Waals surface area contributed by atoms with E-state index in [-0.39, 0.29) is 11.9 Å². The third kappa shape index (κ3) is 6.57. The monoisotopic (exact) mass is 284 g/mol. The fourth-order valence-corrected chi connectivity index (χ4v) is 2.07. The van der Waals surface area contributed by atoms with Crippen molar-refractivity contribution >= 4 is 17.5 Å². The summed E-state index contributed by atoms with van der Waals surface area (Å²) in [5.74, 6) is -0.00548. The van der Waals surface area contributed by atoms with E-state index in [1.54, 1.807) is 7.11 Å². The highest BCUT2D eigenvalue weighted by Crippen LogP contribution is 2.11. The Labute approximate surface area is 119 Å². The van der Waals surface area contributed by atoms with E-state index in [0.717, 1.165) is 5.56 Å². The third-order valence-corrected chi connectivity index (χ3v) is 2.81. The van der Waals surface area contributed by atoms with Gasteiger partial charge in [-0.05, 0) is 31.7 Å². The van der Waals surface area contributed by atoms with Crippen LogP contribution >= 0.6 is 11.6 Å². The van der Waals surface area contributed by atoms with E-state index in [1.807, 2.05) is 43.1 Å². The molecule has 0 heterocycles. The maximum Gasteiger partial charge on any atom is 0.234 e. The van der Waals surface area contributed by atoms with Crippen LogP contribution in [0.5, 0.6) is 0 Å². The van der Waals surface area contributed by atoms with Gasteiger partial charge in [-0.1, -0.05) is 23.7 Å². The second-order valence-electron chi connectivity index (χ2n) is 4.73. The van der Waals surface area contributed by atoms with Crippen molar-refractivity contribution in [1.82, 2.24) is 10.2 Å². The Bertz CT molecular complexity index is 412. The van der Waals surface area contributed by atoms with Gasteiger partial charge in [-0.2, -0.15) is 0 Å². The molecule has 0 aliphatic carbocycles. The largest absolute Gasteiger partial charge is 0.383 e. The summed E-state index contributed by atoms with van der Waals surface area (Å²) in [6.07, 6.45) is 0. The summed E-state index contributed by atoms with van der Waals surface area (Å²) in [6.45, 7) is 3.47. The predicted octanol–water partition coefficient (Wildman–Crippen LogP) is 1.92. The number of carbonyl (C=O) groups excluding carboxylic acids is 1. The molecule has 0 unspecified atom stereocenters. The van der Waals surface area contributed by atoms with Gasteiger partial charge in [-0.3, -0.25) is 9.69 Å². The van der Waals surface area contributed by atoms with Crippen LogP contribution in [0.25, 0.3) is 0 Å². The van der Waals surface area contributed by atoms with Crippen LogP contribution in [0.3, 0.4) is 0 Å². The summed E-state index contributed by atoms with van der Waals surface area (Å²) >= 11 is 5.93. The van der Waals surface area contributed by atoms with Crippen LogP contribution in [0.15, 0.2) is 24.3 Å². The highest BCUT2D eigenvalue weighted by Gasteiger charge is 2.10.